The van der Waals surface area contributed by atoms with E-state index in [2.05, 4.69) is 4.98 Å². The van der Waals surface area contributed by atoms with Crippen LogP contribution in [0.1, 0.15) is 29.2 Å². The Hall–Kier alpha value is -0.860. The highest BCUT2D eigenvalue weighted by atomic mass is 35.5. The van der Waals surface area contributed by atoms with Crippen LogP contribution in [0.4, 0.5) is 13.2 Å². The average molecular weight is 291 g/mol. The van der Waals surface area contributed by atoms with Crippen LogP contribution in [0.3, 0.4) is 0 Å². The number of nitrogens with two attached hydrogens (primary N) is 1. The van der Waals surface area contributed by atoms with Crippen molar-refractivity contribution in [1.82, 2.24) is 4.98 Å². The molecule has 0 radical (unpaired) electrons. The van der Waals surface area contributed by atoms with Crippen molar-refractivity contribution in [3.05, 3.63) is 15.0 Å². The van der Waals surface area contributed by atoms with Gasteiger partial charge in [0.15, 0.2) is 10.2 Å². The zero-order valence-corrected chi connectivity index (χ0v) is 10.4. The second-order valence-corrected chi connectivity index (χ2v) is 4.77. The molecule has 98 valence electrons. The molecule has 9 heteroatoms. The van der Waals surface area contributed by atoms with Crippen molar-refractivity contribution in [1.29, 1.82) is 0 Å². The second kappa shape index (κ2) is 6.18. The summed E-state index contributed by atoms with van der Waals surface area (Å²) in [7, 11) is 0. The summed E-state index contributed by atoms with van der Waals surface area (Å²) in [5.41, 5.74) is 3.66. The van der Waals surface area contributed by atoms with Crippen LogP contribution in [0.5, 0.6) is 0 Å². The summed E-state index contributed by atoms with van der Waals surface area (Å²) in [5.74, 6) is -1.68. The first-order chi connectivity index (χ1) is 7.55. The van der Waals surface area contributed by atoms with E-state index in [1.165, 1.54) is 0 Å². The molecule has 17 heavy (non-hydrogen) atoms. The predicted molar refractivity (Wildman–Crippen MR) is 58.4 cm³/mol. The van der Waals surface area contributed by atoms with E-state index in [1.54, 1.807) is 0 Å². The highest BCUT2D eigenvalue weighted by Crippen LogP contribution is 2.35. The van der Waals surface area contributed by atoms with E-state index in [-0.39, 0.29) is 11.3 Å². The molecule has 0 saturated carbocycles. The third-order valence-corrected chi connectivity index (χ3v) is 2.21. The molecule has 0 saturated heterocycles. The third kappa shape index (κ3) is 5.85. The largest absolute Gasteiger partial charge is 0.477 e. The summed E-state index contributed by atoms with van der Waals surface area (Å²) in [6.45, 7) is 3.89. The third-order valence-electron chi connectivity index (χ3n) is 1.06. The van der Waals surface area contributed by atoms with Crippen molar-refractivity contribution in [2.45, 2.75) is 26.1 Å². The van der Waals surface area contributed by atoms with Gasteiger partial charge in [-0.15, -0.1) is 0 Å². The number of carboxylic acid groups (broad SMARTS) is 1. The van der Waals surface area contributed by atoms with Crippen molar-refractivity contribution in [2.75, 3.05) is 0 Å². The number of carboxylic acids is 1. The molecule has 1 aromatic rings. The van der Waals surface area contributed by atoms with E-state index in [9.17, 15) is 18.0 Å². The molecule has 0 aliphatic carbocycles. The van der Waals surface area contributed by atoms with E-state index in [0.29, 0.717) is 6.04 Å². The smallest absolute Gasteiger partial charge is 0.435 e. The molecule has 0 atom stereocenters. The minimum atomic E-state index is -4.78. The van der Waals surface area contributed by atoms with Gasteiger partial charge in [-0.3, -0.25) is 0 Å². The molecule has 0 aliphatic heterocycles. The maximum Gasteiger partial charge on any atom is 0.435 e. The molecule has 4 nitrogen and oxygen atoms in total. The molecule has 0 aromatic carbocycles. The summed E-state index contributed by atoms with van der Waals surface area (Å²) in [6.07, 6.45) is -4.78. The lowest BCUT2D eigenvalue weighted by atomic mass is 10.3. The number of aromatic carboxylic acids is 1. The number of nitrogens with zero attached hydrogens (tertiary/aromatic N) is 1. The SMILES string of the molecule is CC(C)N.O=C(O)c1sc(Cl)nc1C(F)(F)F. The maximum absolute atomic E-state index is 12.0. The van der Waals surface area contributed by atoms with Gasteiger partial charge < -0.3 is 10.8 Å². The van der Waals surface area contributed by atoms with Crippen LogP contribution in [-0.2, 0) is 6.18 Å². The van der Waals surface area contributed by atoms with Crippen molar-refractivity contribution >= 4 is 28.9 Å². The maximum atomic E-state index is 12.0. The summed E-state index contributed by atoms with van der Waals surface area (Å²) < 4.78 is 35.7. The topological polar surface area (TPSA) is 76.2 Å². The Bertz CT molecular complexity index is 390. The molecular formula is C8H10ClF3N2O2S. The van der Waals surface area contributed by atoms with Crippen molar-refractivity contribution < 1.29 is 23.1 Å². The Morgan fingerprint density at radius 2 is 1.94 bits per heavy atom. The molecule has 0 unspecified atom stereocenters. The number of rotatable bonds is 1. The van der Waals surface area contributed by atoms with Crippen LogP contribution in [0, 0.1) is 0 Å². The Balaban J connectivity index is 0.000000557. The minimum absolute atomic E-state index is 0.284. The fourth-order valence-electron chi connectivity index (χ4n) is 0.631. The van der Waals surface area contributed by atoms with Crippen LogP contribution in [0.25, 0.3) is 0 Å². The van der Waals surface area contributed by atoms with E-state index in [4.69, 9.17) is 22.4 Å². The Labute approximate surface area is 104 Å². The summed E-state index contributed by atoms with van der Waals surface area (Å²) >= 11 is 5.44. The first kappa shape index (κ1) is 16.1. The molecule has 1 aromatic heterocycles. The standard InChI is InChI=1S/C5HClF3NO2S.C3H9N/c6-4-10-2(5(7,8)9)1(13-4)3(11)12;1-3(2)4/h(H,11,12);3H,4H2,1-2H3. The second-order valence-electron chi connectivity index (χ2n) is 3.19. The Morgan fingerprint density at radius 1 is 1.53 bits per heavy atom. The predicted octanol–water partition coefficient (Wildman–Crippen LogP) is 2.87. The van der Waals surface area contributed by atoms with Crippen LogP contribution in [-0.4, -0.2) is 22.1 Å². The normalized spacial score (nSPS) is 11.1. The molecular weight excluding hydrogens is 281 g/mol. The zero-order chi connectivity index (χ0) is 13.8. The monoisotopic (exact) mass is 290 g/mol. The average Bonchev–Trinajstić information content (AvgIpc) is 2.45. The van der Waals surface area contributed by atoms with Gasteiger partial charge in [-0.2, -0.15) is 13.2 Å². The lowest BCUT2D eigenvalue weighted by Crippen LogP contribution is -2.11. The van der Waals surface area contributed by atoms with Gasteiger partial charge in [-0.25, -0.2) is 9.78 Å². The molecule has 1 heterocycles. The van der Waals surface area contributed by atoms with Crippen LogP contribution < -0.4 is 5.73 Å². The van der Waals surface area contributed by atoms with Crippen molar-refractivity contribution in [2.24, 2.45) is 5.73 Å². The number of alkyl halides is 3. The van der Waals surface area contributed by atoms with E-state index in [0.717, 1.165) is 0 Å². The fourth-order valence-corrected chi connectivity index (χ4v) is 1.60. The molecule has 0 aliphatic rings. The van der Waals surface area contributed by atoms with Crippen LogP contribution in [0.15, 0.2) is 0 Å². The first-order valence-corrected chi connectivity index (χ1v) is 5.47. The number of thiazole rings is 1. The molecule has 1 rings (SSSR count). The number of carbonyl (C=O) groups is 1. The highest BCUT2D eigenvalue weighted by molar-refractivity contribution is 7.17. The van der Waals surface area contributed by atoms with E-state index >= 15 is 0 Å². The highest BCUT2D eigenvalue weighted by Gasteiger charge is 2.39. The van der Waals surface area contributed by atoms with E-state index in [1.807, 2.05) is 13.8 Å². The Kier molecular flexibility index (Phi) is 5.86. The quantitative estimate of drug-likeness (QED) is 0.834. The van der Waals surface area contributed by atoms with Gasteiger partial charge in [-0.05, 0) is 6.04 Å². The number of hydrogen-bond acceptors (Lipinski definition) is 4. The molecule has 0 spiro atoms. The summed E-state index contributed by atoms with van der Waals surface area (Å²) in [4.78, 5) is 12.3. The number of hydrogen-bond donors (Lipinski definition) is 2. The lowest BCUT2D eigenvalue weighted by Gasteiger charge is -2.01. The minimum Gasteiger partial charge on any atom is -0.477 e. The van der Waals surface area contributed by atoms with Gasteiger partial charge in [0.1, 0.15) is 4.88 Å². The van der Waals surface area contributed by atoms with Crippen molar-refractivity contribution in [3.8, 4) is 0 Å². The van der Waals surface area contributed by atoms with Gasteiger partial charge in [0.25, 0.3) is 0 Å². The molecule has 0 amide bonds. The lowest BCUT2D eigenvalue weighted by molar-refractivity contribution is -0.141. The van der Waals surface area contributed by atoms with Gasteiger partial charge in [0.05, 0.1) is 0 Å². The van der Waals surface area contributed by atoms with Gasteiger partial charge in [0, 0.05) is 0 Å². The zero-order valence-electron chi connectivity index (χ0n) is 8.88. The first-order valence-electron chi connectivity index (χ1n) is 4.28. The Morgan fingerprint density at radius 3 is 2.18 bits per heavy atom. The number of aromatic nitrogens is 1. The molecule has 3 N–H and O–H groups in total. The van der Waals surface area contributed by atoms with Gasteiger partial charge in [0.2, 0.25) is 0 Å². The fraction of sp³-hybridized carbons (Fsp3) is 0.500. The molecule has 0 bridgehead atoms. The van der Waals surface area contributed by atoms with Crippen LogP contribution in [0.2, 0.25) is 4.47 Å². The van der Waals surface area contributed by atoms with Crippen LogP contribution >= 0.6 is 22.9 Å². The number of halogens is 4. The van der Waals surface area contributed by atoms with Gasteiger partial charge in [-0.1, -0.05) is 36.8 Å². The molecule has 0 fully saturated rings. The summed E-state index contributed by atoms with van der Waals surface area (Å²) in [6, 6.07) is 0.333. The van der Waals surface area contributed by atoms with E-state index < -0.39 is 27.2 Å². The van der Waals surface area contributed by atoms with Crippen molar-refractivity contribution in [3.63, 3.8) is 0 Å². The summed E-state index contributed by atoms with van der Waals surface area (Å²) in [5, 5.41) is 8.35. The van der Waals surface area contributed by atoms with Gasteiger partial charge >= 0.3 is 12.1 Å².